The molecule has 1 aromatic carbocycles. The van der Waals surface area contributed by atoms with Gasteiger partial charge in [-0.25, -0.2) is 4.39 Å². The molecular formula is C14H20FN. The van der Waals surface area contributed by atoms with Gasteiger partial charge in [-0.3, -0.25) is 0 Å². The molecule has 0 spiro atoms. The van der Waals surface area contributed by atoms with Crippen LogP contribution in [0.4, 0.5) is 4.39 Å². The first-order valence-electron chi connectivity index (χ1n) is 6.05. The smallest absolute Gasteiger partial charge is 0.123 e. The summed E-state index contributed by atoms with van der Waals surface area (Å²) in [6.45, 7) is 6.74. The summed E-state index contributed by atoms with van der Waals surface area (Å²) >= 11 is 0. The van der Waals surface area contributed by atoms with Crippen molar-refractivity contribution in [3.8, 4) is 0 Å². The number of hydrogen-bond acceptors (Lipinski definition) is 1. The molecule has 0 saturated carbocycles. The third-order valence-electron chi connectivity index (χ3n) is 3.33. The molecule has 1 aliphatic rings. The van der Waals surface area contributed by atoms with Crippen molar-refractivity contribution in [1.82, 2.24) is 5.32 Å². The highest BCUT2D eigenvalue weighted by Crippen LogP contribution is 2.34. The fraction of sp³-hybridized carbons (Fsp3) is 0.571. The van der Waals surface area contributed by atoms with Gasteiger partial charge in [0.05, 0.1) is 0 Å². The van der Waals surface area contributed by atoms with Crippen molar-refractivity contribution in [3.63, 3.8) is 0 Å². The van der Waals surface area contributed by atoms with Crippen molar-refractivity contribution in [1.29, 1.82) is 0 Å². The van der Waals surface area contributed by atoms with Crippen LogP contribution in [-0.4, -0.2) is 13.1 Å². The summed E-state index contributed by atoms with van der Waals surface area (Å²) in [6.07, 6.45) is 2.32. The second-order valence-electron chi connectivity index (χ2n) is 5.50. The average Bonchev–Trinajstić information content (AvgIpc) is 2.17. The average molecular weight is 221 g/mol. The molecule has 0 bridgehead atoms. The monoisotopic (exact) mass is 221 g/mol. The molecule has 0 atom stereocenters. The second-order valence-corrected chi connectivity index (χ2v) is 5.50. The minimum atomic E-state index is -0.145. The van der Waals surface area contributed by atoms with E-state index in [1.165, 1.54) is 12.0 Å². The van der Waals surface area contributed by atoms with Gasteiger partial charge >= 0.3 is 0 Å². The Morgan fingerprint density at radius 2 is 1.88 bits per heavy atom. The fourth-order valence-corrected chi connectivity index (χ4v) is 2.72. The van der Waals surface area contributed by atoms with Crippen LogP contribution in [0.1, 0.15) is 25.8 Å². The molecule has 1 N–H and O–H groups in total. The quantitative estimate of drug-likeness (QED) is 0.824. The van der Waals surface area contributed by atoms with E-state index >= 15 is 0 Å². The predicted molar refractivity (Wildman–Crippen MR) is 64.9 cm³/mol. The van der Waals surface area contributed by atoms with Crippen LogP contribution in [0.5, 0.6) is 0 Å². The van der Waals surface area contributed by atoms with Crippen molar-refractivity contribution in [2.24, 2.45) is 11.3 Å². The second kappa shape index (κ2) is 4.54. The van der Waals surface area contributed by atoms with Crippen molar-refractivity contribution < 1.29 is 4.39 Å². The Kier molecular flexibility index (Phi) is 3.29. The number of halogens is 1. The van der Waals surface area contributed by atoms with Crippen LogP contribution >= 0.6 is 0 Å². The molecule has 2 rings (SSSR count). The molecule has 1 heterocycles. The van der Waals surface area contributed by atoms with Gasteiger partial charge in [-0.15, -0.1) is 0 Å². The van der Waals surface area contributed by atoms with Crippen molar-refractivity contribution in [2.45, 2.75) is 26.7 Å². The van der Waals surface area contributed by atoms with Gasteiger partial charge in [-0.1, -0.05) is 26.0 Å². The van der Waals surface area contributed by atoms with Gasteiger partial charge in [-0.05, 0) is 41.9 Å². The van der Waals surface area contributed by atoms with E-state index in [4.69, 9.17) is 0 Å². The Hall–Kier alpha value is -0.890. The van der Waals surface area contributed by atoms with Gasteiger partial charge in [0.2, 0.25) is 0 Å². The lowest BCUT2D eigenvalue weighted by Crippen LogP contribution is -2.55. The topological polar surface area (TPSA) is 12.0 Å². The molecule has 1 nitrogen and oxygen atoms in total. The standard InChI is InChI=1S/C14H20FN/c1-11(2)7-14(9-16-10-14)8-12-3-5-13(15)6-4-12/h3-6,11,16H,7-10H2,1-2H3. The molecule has 1 aliphatic heterocycles. The van der Waals surface area contributed by atoms with Gasteiger partial charge in [0.1, 0.15) is 5.82 Å². The van der Waals surface area contributed by atoms with Gasteiger partial charge in [-0.2, -0.15) is 0 Å². The van der Waals surface area contributed by atoms with Crippen LogP contribution < -0.4 is 5.32 Å². The van der Waals surface area contributed by atoms with Crippen LogP contribution in [-0.2, 0) is 6.42 Å². The lowest BCUT2D eigenvalue weighted by Gasteiger charge is -2.44. The molecule has 1 aromatic rings. The van der Waals surface area contributed by atoms with E-state index < -0.39 is 0 Å². The van der Waals surface area contributed by atoms with E-state index in [9.17, 15) is 4.39 Å². The molecule has 16 heavy (non-hydrogen) atoms. The molecule has 1 fully saturated rings. The zero-order chi connectivity index (χ0) is 11.6. The van der Waals surface area contributed by atoms with Gasteiger partial charge < -0.3 is 5.32 Å². The van der Waals surface area contributed by atoms with Crippen LogP contribution in [0.25, 0.3) is 0 Å². The normalized spacial score (nSPS) is 18.5. The third kappa shape index (κ3) is 2.62. The van der Waals surface area contributed by atoms with E-state index in [-0.39, 0.29) is 5.82 Å². The first kappa shape index (κ1) is 11.6. The van der Waals surface area contributed by atoms with Gasteiger partial charge in [0.15, 0.2) is 0 Å². The van der Waals surface area contributed by atoms with E-state index in [1.54, 1.807) is 12.1 Å². The fourth-order valence-electron chi connectivity index (χ4n) is 2.72. The summed E-state index contributed by atoms with van der Waals surface area (Å²) in [6, 6.07) is 6.94. The Labute approximate surface area is 97.1 Å². The van der Waals surface area contributed by atoms with Gasteiger partial charge in [0, 0.05) is 13.1 Å². The van der Waals surface area contributed by atoms with E-state index in [2.05, 4.69) is 19.2 Å². The van der Waals surface area contributed by atoms with E-state index in [0.717, 1.165) is 25.4 Å². The predicted octanol–water partition coefficient (Wildman–Crippen LogP) is 3.00. The lowest BCUT2D eigenvalue weighted by atomic mass is 9.71. The largest absolute Gasteiger partial charge is 0.316 e. The first-order chi connectivity index (χ1) is 7.60. The first-order valence-corrected chi connectivity index (χ1v) is 6.05. The summed E-state index contributed by atoms with van der Waals surface area (Å²) in [7, 11) is 0. The van der Waals surface area contributed by atoms with E-state index in [1.807, 2.05) is 12.1 Å². The number of benzene rings is 1. The van der Waals surface area contributed by atoms with E-state index in [0.29, 0.717) is 5.41 Å². The molecule has 0 aromatic heterocycles. The number of nitrogens with one attached hydrogen (secondary N) is 1. The molecule has 0 radical (unpaired) electrons. The summed E-state index contributed by atoms with van der Waals surface area (Å²) in [5.74, 6) is 0.580. The zero-order valence-electron chi connectivity index (χ0n) is 10.1. The molecular weight excluding hydrogens is 201 g/mol. The number of hydrogen-bond donors (Lipinski definition) is 1. The SMILES string of the molecule is CC(C)CC1(Cc2ccc(F)cc2)CNC1. The third-order valence-corrected chi connectivity index (χ3v) is 3.33. The van der Waals surface area contributed by atoms with Crippen LogP contribution in [0.15, 0.2) is 24.3 Å². The van der Waals surface area contributed by atoms with Crippen LogP contribution in [0, 0.1) is 17.2 Å². The van der Waals surface area contributed by atoms with Crippen molar-refractivity contribution >= 4 is 0 Å². The summed E-state index contributed by atoms with van der Waals surface area (Å²) < 4.78 is 12.8. The Morgan fingerprint density at radius 3 is 2.31 bits per heavy atom. The highest BCUT2D eigenvalue weighted by molar-refractivity contribution is 5.19. The van der Waals surface area contributed by atoms with Crippen molar-refractivity contribution in [3.05, 3.63) is 35.6 Å². The molecule has 1 saturated heterocycles. The minimum Gasteiger partial charge on any atom is -0.316 e. The Morgan fingerprint density at radius 1 is 1.25 bits per heavy atom. The summed E-state index contributed by atoms with van der Waals surface area (Å²) in [4.78, 5) is 0. The van der Waals surface area contributed by atoms with Crippen molar-refractivity contribution in [2.75, 3.05) is 13.1 Å². The maximum absolute atomic E-state index is 12.8. The molecule has 0 aliphatic carbocycles. The zero-order valence-corrected chi connectivity index (χ0v) is 10.1. The molecule has 88 valence electrons. The lowest BCUT2D eigenvalue weighted by molar-refractivity contribution is 0.131. The molecule has 0 unspecified atom stereocenters. The molecule has 0 amide bonds. The highest BCUT2D eigenvalue weighted by Gasteiger charge is 2.37. The Bertz CT molecular complexity index is 338. The summed E-state index contributed by atoms with van der Waals surface area (Å²) in [5, 5.41) is 3.36. The minimum absolute atomic E-state index is 0.145. The van der Waals surface area contributed by atoms with Gasteiger partial charge in [0.25, 0.3) is 0 Å². The number of rotatable bonds is 4. The maximum atomic E-state index is 12.8. The Balaban J connectivity index is 2.04. The summed E-state index contributed by atoms with van der Waals surface area (Å²) in [5.41, 5.74) is 1.66. The van der Waals surface area contributed by atoms with Crippen LogP contribution in [0.3, 0.4) is 0 Å². The van der Waals surface area contributed by atoms with Crippen LogP contribution in [0.2, 0.25) is 0 Å². The maximum Gasteiger partial charge on any atom is 0.123 e. The molecule has 2 heteroatoms. The highest BCUT2D eigenvalue weighted by atomic mass is 19.1.